The van der Waals surface area contributed by atoms with Crippen molar-refractivity contribution in [2.24, 2.45) is 5.16 Å². The van der Waals surface area contributed by atoms with Crippen LogP contribution in [0.3, 0.4) is 0 Å². The van der Waals surface area contributed by atoms with Crippen LogP contribution in [0.15, 0.2) is 35.5 Å². The third-order valence-electron chi connectivity index (χ3n) is 2.44. The second kappa shape index (κ2) is 4.45. The average Bonchev–Trinajstić information content (AvgIpc) is 2.67. The van der Waals surface area contributed by atoms with Gasteiger partial charge in [-0.1, -0.05) is 35.5 Å². The average molecular weight is 205 g/mol. The molecule has 2 rings (SSSR count). The molecule has 0 amide bonds. The van der Waals surface area contributed by atoms with Gasteiger partial charge in [0, 0.05) is 12.8 Å². The zero-order chi connectivity index (χ0) is 10.7. The van der Waals surface area contributed by atoms with Gasteiger partial charge >= 0.3 is 0 Å². The highest BCUT2D eigenvalue weighted by Crippen LogP contribution is 2.19. The van der Waals surface area contributed by atoms with Crippen LogP contribution in [0.4, 0.5) is 0 Å². The summed E-state index contributed by atoms with van der Waals surface area (Å²) in [4.78, 5) is 5.26. The molecule has 0 bridgehead atoms. The van der Waals surface area contributed by atoms with E-state index in [0.717, 1.165) is 17.7 Å². The van der Waals surface area contributed by atoms with Gasteiger partial charge in [-0.15, -0.1) is 0 Å². The largest absolute Gasteiger partial charge is 0.393 e. The summed E-state index contributed by atoms with van der Waals surface area (Å²) >= 11 is 0. The number of rotatable bonds is 3. The Kier molecular flexibility index (Phi) is 3.02. The van der Waals surface area contributed by atoms with E-state index in [4.69, 9.17) is 4.84 Å². The molecule has 0 fully saturated rings. The van der Waals surface area contributed by atoms with Gasteiger partial charge in [-0.2, -0.15) is 0 Å². The zero-order valence-electron chi connectivity index (χ0n) is 8.76. The van der Waals surface area contributed by atoms with Crippen LogP contribution in [0.25, 0.3) is 0 Å². The Bertz CT molecular complexity index is 346. The molecule has 2 atom stereocenters. The monoisotopic (exact) mass is 205 g/mol. The van der Waals surface area contributed by atoms with Crippen molar-refractivity contribution in [1.82, 2.24) is 0 Å². The predicted octanol–water partition coefficient (Wildman–Crippen LogP) is 1.95. The molecular weight excluding hydrogens is 190 g/mol. The van der Waals surface area contributed by atoms with E-state index in [9.17, 15) is 5.11 Å². The summed E-state index contributed by atoms with van der Waals surface area (Å²) in [5.41, 5.74) is 2.08. The smallest absolute Gasteiger partial charge is 0.135 e. The first-order chi connectivity index (χ1) is 7.25. The number of aliphatic hydroxyl groups excluding tert-OH is 1. The van der Waals surface area contributed by atoms with Gasteiger partial charge in [0.15, 0.2) is 0 Å². The molecule has 0 aromatic heterocycles. The second-order valence-corrected chi connectivity index (χ2v) is 3.92. The van der Waals surface area contributed by atoms with E-state index < -0.39 is 0 Å². The van der Waals surface area contributed by atoms with Gasteiger partial charge in [0.25, 0.3) is 0 Å². The highest BCUT2D eigenvalue weighted by atomic mass is 16.6. The quantitative estimate of drug-likeness (QED) is 0.819. The zero-order valence-corrected chi connectivity index (χ0v) is 8.76. The Morgan fingerprint density at radius 3 is 2.87 bits per heavy atom. The van der Waals surface area contributed by atoms with Gasteiger partial charge in [0.2, 0.25) is 0 Å². The van der Waals surface area contributed by atoms with Crippen molar-refractivity contribution in [3.05, 3.63) is 35.9 Å². The number of benzene rings is 1. The predicted molar refractivity (Wildman–Crippen MR) is 58.8 cm³/mol. The van der Waals surface area contributed by atoms with Gasteiger partial charge < -0.3 is 9.94 Å². The van der Waals surface area contributed by atoms with E-state index in [-0.39, 0.29) is 12.2 Å². The van der Waals surface area contributed by atoms with Crippen molar-refractivity contribution in [3.8, 4) is 0 Å². The van der Waals surface area contributed by atoms with Crippen molar-refractivity contribution in [3.63, 3.8) is 0 Å². The molecule has 3 nitrogen and oxygen atoms in total. The first-order valence-electron chi connectivity index (χ1n) is 5.22. The minimum absolute atomic E-state index is 0.0280. The van der Waals surface area contributed by atoms with Crippen molar-refractivity contribution in [2.75, 3.05) is 0 Å². The van der Waals surface area contributed by atoms with E-state index in [1.54, 1.807) is 6.92 Å². The summed E-state index contributed by atoms with van der Waals surface area (Å²) in [6, 6.07) is 9.99. The lowest BCUT2D eigenvalue weighted by Crippen LogP contribution is -2.15. The summed E-state index contributed by atoms with van der Waals surface area (Å²) in [6.45, 7) is 1.77. The molecule has 15 heavy (non-hydrogen) atoms. The van der Waals surface area contributed by atoms with E-state index in [1.165, 1.54) is 0 Å². The first kappa shape index (κ1) is 10.2. The van der Waals surface area contributed by atoms with Crippen LogP contribution >= 0.6 is 0 Å². The third kappa shape index (κ3) is 2.57. The maximum atomic E-state index is 9.24. The van der Waals surface area contributed by atoms with Crippen LogP contribution in [-0.2, 0) is 4.84 Å². The Morgan fingerprint density at radius 2 is 2.20 bits per heavy atom. The van der Waals surface area contributed by atoms with Gasteiger partial charge in [0.1, 0.15) is 6.10 Å². The molecule has 0 spiro atoms. The fourth-order valence-electron chi connectivity index (χ4n) is 1.74. The van der Waals surface area contributed by atoms with Crippen LogP contribution in [0, 0.1) is 0 Å². The molecule has 1 aromatic rings. The van der Waals surface area contributed by atoms with Crippen LogP contribution in [0.2, 0.25) is 0 Å². The minimum atomic E-state index is -0.333. The topological polar surface area (TPSA) is 41.8 Å². The van der Waals surface area contributed by atoms with Gasteiger partial charge in [-0.3, -0.25) is 0 Å². The SMILES string of the molecule is CC(O)CC1CC(c2ccccc2)=NO1. The van der Waals surface area contributed by atoms with Crippen LogP contribution in [-0.4, -0.2) is 23.0 Å². The summed E-state index contributed by atoms with van der Waals surface area (Å²) in [7, 11) is 0. The van der Waals surface area contributed by atoms with Crippen LogP contribution in [0.5, 0.6) is 0 Å². The lowest BCUT2D eigenvalue weighted by molar-refractivity contribution is 0.0424. The van der Waals surface area contributed by atoms with Crippen molar-refractivity contribution in [1.29, 1.82) is 0 Å². The molecule has 0 aliphatic carbocycles. The van der Waals surface area contributed by atoms with Crippen molar-refractivity contribution >= 4 is 5.71 Å². The molecule has 0 radical (unpaired) electrons. The summed E-state index contributed by atoms with van der Waals surface area (Å²) < 4.78 is 0. The maximum Gasteiger partial charge on any atom is 0.135 e. The van der Waals surface area contributed by atoms with Crippen LogP contribution < -0.4 is 0 Å². The molecule has 1 N–H and O–H groups in total. The molecule has 80 valence electrons. The molecule has 2 unspecified atom stereocenters. The number of hydrogen-bond donors (Lipinski definition) is 1. The van der Waals surface area contributed by atoms with E-state index >= 15 is 0 Å². The normalized spacial score (nSPS) is 22.0. The lowest BCUT2D eigenvalue weighted by Gasteiger charge is -2.09. The minimum Gasteiger partial charge on any atom is -0.393 e. The number of oxime groups is 1. The standard InChI is InChI=1S/C12H15NO2/c1-9(14)7-11-8-12(13-15-11)10-5-3-2-4-6-10/h2-6,9,11,14H,7-8H2,1H3. The molecule has 1 aliphatic heterocycles. The lowest BCUT2D eigenvalue weighted by atomic mass is 10.0. The Labute approximate surface area is 89.4 Å². The number of nitrogens with zero attached hydrogens (tertiary/aromatic N) is 1. The molecule has 1 aliphatic rings. The van der Waals surface area contributed by atoms with E-state index in [1.807, 2.05) is 30.3 Å². The van der Waals surface area contributed by atoms with Crippen LogP contribution in [0.1, 0.15) is 25.3 Å². The van der Waals surface area contributed by atoms with Gasteiger partial charge in [-0.25, -0.2) is 0 Å². The fourth-order valence-corrected chi connectivity index (χ4v) is 1.74. The van der Waals surface area contributed by atoms with E-state index in [0.29, 0.717) is 6.42 Å². The fraction of sp³-hybridized carbons (Fsp3) is 0.417. The Hall–Kier alpha value is -1.35. The highest BCUT2D eigenvalue weighted by Gasteiger charge is 2.23. The summed E-state index contributed by atoms with van der Waals surface area (Å²) in [6.07, 6.45) is 1.12. The molecule has 1 aromatic carbocycles. The van der Waals surface area contributed by atoms with Crippen molar-refractivity contribution < 1.29 is 9.94 Å². The first-order valence-corrected chi connectivity index (χ1v) is 5.22. The number of hydrogen-bond acceptors (Lipinski definition) is 3. The molecule has 3 heteroatoms. The van der Waals surface area contributed by atoms with Crippen molar-refractivity contribution in [2.45, 2.75) is 32.0 Å². The van der Waals surface area contributed by atoms with Gasteiger partial charge in [0.05, 0.1) is 11.8 Å². The maximum absolute atomic E-state index is 9.24. The van der Waals surface area contributed by atoms with E-state index in [2.05, 4.69) is 5.16 Å². The summed E-state index contributed by atoms with van der Waals surface area (Å²) in [5.74, 6) is 0. The highest BCUT2D eigenvalue weighted by molar-refractivity contribution is 6.01. The number of aliphatic hydroxyl groups is 1. The molecule has 0 saturated carbocycles. The summed E-state index contributed by atoms with van der Waals surface area (Å²) in [5, 5.41) is 13.3. The third-order valence-corrected chi connectivity index (χ3v) is 2.44. The second-order valence-electron chi connectivity index (χ2n) is 3.92. The molecular formula is C12H15NO2. The molecule has 1 heterocycles. The van der Waals surface area contributed by atoms with Gasteiger partial charge in [-0.05, 0) is 12.5 Å². The Morgan fingerprint density at radius 1 is 1.47 bits per heavy atom. The molecule has 0 saturated heterocycles. The Balaban J connectivity index is 1.98.